The van der Waals surface area contributed by atoms with Crippen LogP contribution in [0.4, 0.5) is 0 Å². The molecule has 2 aromatic rings. The summed E-state index contributed by atoms with van der Waals surface area (Å²) in [7, 11) is 3.32. The highest BCUT2D eigenvalue weighted by Gasteiger charge is 2.07. The van der Waals surface area contributed by atoms with E-state index in [0.717, 1.165) is 22.1 Å². The molecule has 1 N–H and O–H groups in total. The first-order chi connectivity index (χ1) is 9.13. The van der Waals surface area contributed by atoms with E-state index in [1.807, 2.05) is 36.4 Å². The monoisotopic (exact) mass is 259 g/mol. The van der Waals surface area contributed by atoms with Gasteiger partial charge in [-0.3, -0.25) is 4.79 Å². The summed E-state index contributed by atoms with van der Waals surface area (Å²) in [6, 6.07) is 11.9. The molecule has 4 nitrogen and oxygen atoms in total. The molecule has 4 heteroatoms. The molecule has 0 aromatic heterocycles. The number of ether oxygens (including phenoxy) is 1. The molecule has 0 bridgehead atoms. The van der Waals surface area contributed by atoms with Crippen LogP contribution in [0.15, 0.2) is 36.4 Å². The van der Waals surface area contributed by atoms with E-state index in [4.69, 9.17) is 9.84 Å². The maximum Gasteiger partial charge on any atom is 0.248 e. The van der Waals surface area contributed by atoms with E-state index in [1.54, 1.807) is 14.2 Å². The highest BCUT2D eigenvalue weighted by molar-refractivity contribution is 5.84. The van der Waals surface area contributed by atoms with Gasteiger partial charge in [0.2, 0.25) is 5.91 Å². The maximum absolute atomic E-state index is 11.3. The van der Waals surface area contributed by atoms with Gasteiger partial charge >= 0.3 is 0 Å². The lowest BCUT2D eigenvalue weighted by Gasteiger charge is -2.16. The van der Waals surface area contributed by atoms with Crippen molar-refractivity contribution in [1.82, 2.24) is 4.90 Å². The van der Waals surface area contributed by atoms with Crippen molar-refractivity contribution in [1.29, 1.82) is 0 Å². The third-order valence-corrected chi connectivity index (χ3v) is 3.09. The smallest absolute Gasteiger partial charge is 0.248 e. The van der Waals surface area contributed by atoms with Crippen LogP contribution in [0.1, 0.15) is 5.56 Å². The van der Waals surface area contributed by atoms with Crippen LogP contribution in [-0.4, -0.2) is 36.7 Å². The first-order valence-electron chi connectivity index (χ1n) is 6.05. The van der Waals surface area contributed by atoms with Crippen LogP contribution in [0.3, 0.4) is 0 Å². The van der Waals surface area contributed by atoms with Gasteiger partial charge < -0.3 is 14.7 Å². The molecular weight excluding hydrogens is 242 g/mol. The fourth-order valence-electron chi connectivity index (χ4n) is 1.98. The normalized spacial score (nSPS) is 10.5. The van der Waals surface area contributed by atoms with Gasteiger partial charge in [-0.2, -0.15) is 0 Å². The van der Waals surface area contributed by atoms with E-state index in [1.165, 1.54) is 4.90 Å². The van der Waals surface area contributed by atoms with Crippen LogP contribution in [0.5, 0.6) is 5.75 Å². The molecule has 1 amide bonds. The van der Waals surface area contributed by atoms with Crippen molar-refractivity contribution in [3.63, 3.8) is 0 Å². The summed E-state index contributed by atoms with van der Waals surface area (Å²) >= 11 is 0. The Morgan fingerprint density at radius 1 is 1.21 bits per heavy atom. The number of carbonyl (C=O) groups excluding carboxylic acids is 1. The Morgan fingerprint density at radius 3 is 2.58 bits per heavy atom. The number of carbonyl (C=O) groups is 1. The highest BCUT2D eigenvalue weighted by Crippen LogP contribution is 2.22. The zero-order valence-corrected chi connectivity index (χ0v) is 11.1. The standard InChI is InChI=1S/C15H17NO3/c1-16(15(18)10-17)9-11-3-4-13-8-14(19-2)6-5-12(13)7-11/h3-8,17H,9-10H2,1-2H3. The van der Waals surface area contributed by atoms with E-state index in [2.05, 4.69) is 0 Å². The van der Waals surface area contributed by atoms with Crippen molar-refractivity contribution in [2.45, 2.75) is 6.54 Å². The topological polar surface area (TPSA) is 49.8 Å². The number of fused-ring (bicyclic) bond motifs is 1. The van der Waals surface area contributed by atoms with Crippen molar-refractivity contribution >= 4 is 16.7 Å². The minimum absolute atomic E-state index is 0.283. The van der Waals surface area contributed by atoms with E-state index in [9.17, 15) is 4.79 Å². The van der Waals surface area contributed by atoms with Crippen molar-refractivity contribution in [2.24, 2.45) is 0 Å². The number of likely N-dealkylation sites (N-methyl/N-ethyl adjacent to an activating group) is 1. The highest BCUT2D eigenvalue weighted by atomic mass is 16.5. The average Bonchev–Trinajstić information content (AvgIpc) is 2.45. The summed E-state index contributed by atoms with van der Waals surface area (Å²) in [5.41, 5.74) is 1.03. The Kier molecular flexibility index (Phi) is 4.02. The molecule has 2 aromatic carbocycles. The van der Waals surface area contributed by atoms with Gasteiger partial charge in [0.1, 0.15) is 12.4 Å². The predicted molar refractivity (Wildman–Crippen MR) is 74.1 cm³/mol. The molecule has 0 aliphatic rings. The fourth-order valence-corrected chi connectivity index (χ4v) is 1.98. The Labute approximate surface area is 112 Å². The molecule has 0 aliphatic heterocycles. The minimum Gasteiger partial charge on any atom is -0.497 e. The molecule has 0 aliphatic carbocycles. The number of hydrogen-bond donors (Lipinski definition) is 1. The molecule has 0 radical (unpaired) electrons. The van der Waals surface area contributed by atoms with Crippen LogP contribution in [0.25, 0.3) is 10.8 Å². The number of amides is 1. The molecule has 0 unspecified atom stereocenters. The number of aliphatic hydroxyl groups excluding tert-OH is 1. The van der Waals surface area contributed by atoms with Crippen LogP contribution in [0, 0.1) is 0 Å². The molecule has 0 spiro atoms. The van der Waals surface area contributed by atoms with Crippen molar-refractivity contribution in [3.8, 4) is 5.75 Å². The van der Waals surface area contributed by atoms with Gasteiger partial charge in [-0.1, -0.05) is 18.2 Å². The minimum atomic E-state index is -0.457. The van der Waals surface area contributed by atoms with Gasteiger partial charge in [0.05, 0.1) is 7.11 Å². The third-order valence-electron chi connectivity index (χ3n) is 3.09. The van der Waals surface area contributed by atoms with Crippen molar-refractivity contribution in [3.05, 3.63) is 42.0 Å². The summed E-state index contributed by atoms with van der Waals surface area (Å²) in [4.78, 5) is 12.8. The van der Waals surface area contributed by atoms with Gasteiger partial charge in [0, 0.05) is 13.6 Å². The van der Waals surface area contributed by atoms with E-state index in [0.29, 0.717) is 6.54 Å². The van der Waals surface area contributed by atoms with E-state index in [-0.39, 0.29) is 5.91 Å². The summed E-state index contributed by atoms with van der Waals surface area (Å²) in [6.45, 7) is 0.0304. The zero-order chi connectivity index (χ0) is 13.8. The molecule has 100 valence electrons. The second-order valence-electron chi connectivity index (χ2n) is 4.46. The van der Waals surface area contributed by atoms with Gasteiger partial charge in [0.15, 0.2) is 0 Å². The van der Waals surface area contributed by atoms with Crippen molar-refractivity contribution in [2.75, 3.05) is 20.8 Å². The maximum atomic E-state index is 11.3. The van der Waals surface area contributed by atoms with Crippen LogP contribution in [0.2, 0.25) is 0 Å². The molecule has 0 saturated carbocycles. The molecule has 19 heavy (non-hydrogen) atoms. The summed E-state index contributed by atoms with van der Waals surface area (Å²) in [5, 5.41) is 11.0. The van der Waals surface area contributed by atoms with E-state index >= 15 is 0 Å². The number of methoxy groups -OCH3 is 1. The van der Waals surface area contributed by atoms with Gasteiger partial charge in [-0.15, -0.1) is 0 Å². The molecular formula is C15H17NO3. The lowest BCUT2D eigenvalue weighted by atomic mass is 10.1. The molecule has 0 heterocycles. The first-order valence-corrected chi connectivity index (χ1v) is 6.05. The lowest BCUT2D eigenvalue weighted by Crippen LogP contribution is -2.28. The number of nitrogens with zero attached hydrogens (tertiary/aromatic N) is 1. The van der Waals surface area contributed by atoms with E-state index < -0.39 is 6.61 Å². The Bertz CT molecular complexity index is 595. The quantitative estimate of drug-likeness (QED) is 0.911. The number of hydrogen-bond acceptors (Lipinski definition) is 3. The second kappa shape index (κ2) is 5.71. The summed E-state index contributed by atoms with van der Waals surface area (Å²) in [6.07, 6.45) is 0. The second-order valence-corrected chi connectivity index (χ2v) is 4.46. The number of benzene rings is 2. The van der Waals surface area contributed by atoms with Gasteiger partial charge in [0.25, 0.3) is 0 Å². The lowest BCUT2D eigenvalue weighted by molar-refractivity contribution is -0.133. The van der Waals surface area contributed by atoms with Crippen molar-refractivity contribution < 1.29 is 14.6 Å². The van der Waals surface area contributed by atoms with Crippen LogP contribution >= 0.6 is 0 Å². The average molecular weight is 259 g/mol. The Morgan fingerprint density at radius 2 is 1.89 bits per heavy atom. The largest absolute Gasteiger partial charge is 0.497 e. The van der Waals surface area contributed by atoms with Gasteiger partial charge in [-0.25, -0.2) is 0 Å². The number of aliphatic hydroxyl groups is 1. The third kappa shape index (κ3) is 3.03. The summed E-state index contributed by atoms with van der Waals surface area (Å²) < 4.78 is 5.18. The van der Waals surface area contributed by atoms with Crippen LogP contribution in [-0.2, 0) is 11.3 Å². The van der Waals surface area contributed by atoms with Gasteiger partial charge in [-0.05, 0) is 34.5 Å². The molecule has 2 rings (SSSR count). The molecule has 0 fully saturated rings. The molecule has 0 atom stereocenters. The first kappa shape index (κ1) is 13.4. The Hall–Kier alpha value is -2.07. The van der Waals surface area contributed by atoms with Crippen LogP contribution < -0.4 is 4.74 Å². The number of rotatable bonds is 4. The zero-order valence-electron chi connectivity index (χ0n) is 11.1. The SMILES string of the molecule is COc1ccc2cc(CN(C)C(=O)CO)ccc2c1. The Balaban J connectivity index is 2.24. The summed E-state index contributed by atoms with van der Waals surface area (Å²) in [5.74, 6) is 0.544. The predicted octanol–water partition coefficient (Wildman–Crippen LogP) is 1.80. The fraction of sp³-hybridized carbons (Fsp3) is 0.267. The molecule has 0 saturated heterocycles.